The van der Waals surface area contributed by atoms with Crippen molar-refractivity contribution in [2.75, 3.05) is 11.9 Å². The molecule has 7 heteroatoms. The Kier molecular flexibility index (Phi) is 7.32. The van der Waals surface area contributed by atoms with Crippen LogP contribution in [0, 0.1) is 0 Å². The average molecular weight is 319 g/mol. The number of carbonyl (C=O) groups excluding carboxylic acids is 3. The lowest BCUT2D eigenvalue weighted by Crippen LogP contribution is -2.44. The summed E-state index contributed by atoms with van der Waals surface area (Å²) >= 11 is 0. The van der Waals surface area contributed by atoms with Gasteiger partial charge in [-0.25, -0.2) is 9.59 Å². The highest BCUT2D eigenvalue weighted by atomic mass is 16.5. The van der Waals surface area contributed by atoms with Crippen molar-refractivity contribution in [3.63, 3.8) is 0 Å². The van der Waals surface area contributed by atoms with Gasteiger partial charge in [0, 0.05) is 12.2 Å². The summed E-state index contributed by atoms with van der Waals surface area (Å²) in [6.45, 7) is 6.68. The summed E-state index contributed by atoms with van der Waals surface area (Å²) in [7, 11) is 0. The first-order chi connectivity index (χ1) is 10.9. The lowest BCUT2D eigenvalue weighted by atomic mass is 10.3. The molecule has 3 N–H and O–H groups in total. The van der Waals surface area contributed by atoms with E-state index in [1.54, 1.807) is 24.3 Å². The quantitative estimate of drug-likeness (QED) is 0.523. The van der Waals surface area contributed by atoms with Crippen LogP contribution >= 0.6 is 0 Å². The van der Waals surface area contributed by atoms with Gasteiger partial charge in [-0.15, -0.1) is 6.58 Å². The van der Waals surface area contributed by atoms with E-state index in [4.69, 9.17) is 4.74 Å². The first kappa shape index (κ1) is 18.2. The van der Waals surface area contributed by atoms with Gasteiger partial charge in [-0.3, -0.25) is 4.79 Å². The highest BCUT2D eigenvalue weighted by molar-refractivity contribution is 5.93. The molecule has 0 aliphatic heterocycles. The molecule has 2 atom stereocenters. The summed E-state index contributed by atoms with van der Waals surface area (Å²) in [4.78, 5) is 35.2. The summed E-state index contributed by atoms with van der Waals surface area (Å²) in [5, 5.41) is 7.54. The highest BCUT2D eigenvalue weighted by Crippen LogP contribution is 2.04. The van der Waals surface area contributed by atoms with Crippen molar-refractivity contribution in [1.82, 2.24) is 10.6 Å². The van der Waals surface area contributed by atoms with Crippen LogP contribution in [0.4, 0.5) is 10.5 Å². The first-order valence-corrected chi connectivity index (χ1v) is 7.15. The van der Waals surface area contributed by atoms with E-state index in [0.717, 1.165) is 0 Å². The summed E-state index contributed by atoms with van der Waals surface area (Å²) in [6, 6.07) is 7.37. The fourth-order valence-electron chi connectivity index (χ4n) is 1.59. The van der Waals surface area contributed by atoms with Crippen molar-refractivity contribution in [1.29, 1.82) is 0 Å². The van der Waals surface area contributed by atoms with E-state index in [2.05, 4.69) is 22.5 Å². The Hall–Kier alpha value is -2.83. The maximum absolute atomic E-state index is 11.9. The summed E-state index contributed by atoms with van der Waals surface area (Å²) in [5.74, 6) is -1.13. The Bertz CT molecular complexity index is 560. The standard InChI is InChI=1S/C16H21N3O4/c1-4-10-17-14(20)12(3)23-15(21)11(2)18-16(22)19-13-8-6-5-7-9-13/h4-9,11-12H,1,10H2,2-3H3,(H,17,20)(H2,18,19,22)/t11-,12-/m0/s1. The Morgan fingerprint density at radius 3 is 2.48 bits per heavy atom. The van der Waals surface area contributed by atoms with Gasteiger partial charge in [0.15, 0.2) is 6.10 Å². The summed E-state index contributed by atoms with van der Waals surface area (Å²) in [6.07, 6.45) is 0.564. The molecule has 1 aromatic rings. The summed E-state index contributed by atoms with van der Waals surface area (Å²) in [5.41, 5.74) is 0.600. The molecule has 0 radical (unpaired) electrons. The lowest BCUT2D eigenvalue weighted by molar-refractivity contribution is -0.156. The van der Waals surface area contributed by atoms with Gasteiger partial charge in [-0.05, 0) is 26.0 Å². The average Bonchev–Trinajstić information content (AvgIpc) is 2.53. The molecule has 124 valence electrons. The van der Waals surface area contributed by atoms with Crippen LogP contribution in [-0.2, 0) is 14.3 Å². The van der Waals surface area contributed by atoms with Gasteiger partial charge in [-0.2, -0.15) is 0 Å². The van der Waals surface area contributed by atoms with Crippen LogP contribution in [0.25, 0.3) is 0 Å². The van der Waals surface area contributed by atoms with Crippen molar-refractivity contribution in [3.8, 4) is 0 Å². The molecular weight excluding hydrogens is 298 g/mol. The maximum Gasteiger partial charge on any atom is 0.329 e. The van der Waals surface area contributed by atoms with Crippen LogP contribution < -0.4 is 16.0 Å². The molecule has 7 nitrogen and oxygen atoms in total. The molecule has 0 saturated carbocycles. The van der Waals surface area contributed by atoms with E-state index < -0.39 is 30.1 Å². The zero-order valence-electron chi connectivity index (χ0n) is 13.2. The van der Waals surface area contributed by atoms with Crippen LogP contribution in [0.3, 0.4) is 0 Å². The molecule has 0 aliphatic rings. The molecule has 23 heavy (non-hydrogen) atoms. The third kappa shape index (κ3) is 6.64. The van der Waals surface area contributed by atoms with Crippen LogP contribution in [0.1, 0.15) is 13.8 Å². The van der Waals surface area contributed by atoms with Gasteiger partial charge in [0.25, 0.3) is 5.91 Å². The van der Waals surface area contributed by atoms with Crippen LogP contribution in [0.2, 0.25) is 0 Å². The van der Waals surface area contributed by atoms with E-state index in [1.807, 2.05) is 6.07 Å². The number of carbonyl (C=O) groups is 3. The number of hydrogen-bond acceptors (Lipinski definition) is 4. The monoisotopic (exact) mass is 319 g/mol. The topological polar surface area (TPSA) is 96.5 Å². The molecule has 1 aromatic carbocycles. The fourth-order valence-corrected chi connectivity index (χ4v) is 1.59. The van der Waals surface area contributed by atoms with Gasteiger partial charge in [0.05, 0.1) is 0 Å². The smallest absolute Gasteiger partial charge is 0.329 e. The molecule has 1 rings (SSSR count). The molecule has 0 unspecified atom stereocenters. The van der Waals surface area contributed by atoms with Crippen molar-refractivity contribution in [2.45, 2.75) is 26.0 Å². The number of urea groups is 1. The van der Waals surface area contributed by atoms with Crippen molar-refractivity contribution < 1.29 is 19.1 Å². The van der Waals surface area contributed by atoms with E-state index in [-0.39, 0.29) is 6.54 Å². The third-order valence-corrected chi connectivity index (χ3v) is 2.82. The Balaban J connectivity index is 2.42. The van der Waals surface area contributed by atoms with Gasteiger partial charge >= 0.3 is 12.0 Å². The van der Waals surface area contributed by atoms with Gasteiger partial charge in [0.1, 0.15) is 6.04 Å². The van der Waals surface area contributed by atoms with Crippen LogP contribution in [0.5, 0.6) is 0 Å². The number of nitrogens with one attached hydrogen (secondary N) is 3. The second-order valence-corrected chi connectivity index (χ2v) is 4.80. The molecular formula is C16H21N3O4. The fraction of sp³-hybridized carbons (Fsp3) is 0.312. The Morgan fingerprint density at radius 2 is 1.87 bits per heavy atom. The number of esters is 1. The molecule has 0 spiro atoms. The van der Waals surface area contributed by atoms with E-state index >= 15 is 0 Å². The van der Waals surface area contributed by atoms with Crippen molar-refractivity contribution >= 4 is 23.6 Å². The molecule has 0 aliphatic carbocycles. The van der Waals surface area contributed by atoms with Crippen LogP contribution in [0.15, 0.2) is 43.0 Å². The number of anilines is 1. The van der Waals surface area contributed by atoms with Gasteiger partial charge in [-0.1, -0.05) is 24.3 Å². The van der Waals surface area contributed by atoms with Crippen molar-refractivity contribution in [2.24, 2.45) is 0 Å². The van der Waals surface area contributed by atoms with Crippen molar-refractivity contribution in [3.05, 3.63) is 43.0 Å². The number of rotatable bonds is 7. The molecule has 0 heterocycles. The predicted molar refractivity (Wildman–Crippen MR) is 86.8 cm³/mol. The second-order valence-electron chi connectivity index (χ2n) is 4.80. The minimum absolute atomic E-state index is 0.286. The van der Waals surface area contributed by atoms with E-state index in [9.17, 15) is 14.4 Å². The number of benzene rings is 1. The largest absolute Gasteiger partial charge is 0.451 e. The third-order valence-electron chi connectivity index (χ3n) is 2.82. The zero-order chi connectivity index (χ0) is 17.2. The molecule has 3 amide bonds. The Labute approximate surface area is 135 Å². The normalized spacial score (nSPS) is 12.4. The second kappa shape index (κ2) is 9.24. The summed E-state index contributed by atoms with van der Waals surface area (Å²) < 4.78 is 4.99. The molecule has 0 fully saturated rings. The first-order valence-electron chi connectivity index (χ1n) is 7.15. The zero-order valence-corrected chi connectivity index (χ0v) is 13.2. The van der Waals surface area contributed by atoms with Gasteiger partial charge < -0.3 is 20.7 Å². The lowest BCUT2D eigenvalue weighted by Gasteiger charge is -2.17. The Morgan fingerprint density at radius 1 is 1.22 bits per heavy atom. The van der Waals surface area contributed by atoms with Gasteiger partial charge in [0.2, 0.25) is 0 Å². The number of para-hydroxylation sites is 1. The number of hydrogen-bond donors (Lipinski definition) is 3. The SMILES string of the molecule is C=CCNC(=O)[C@H](C)OC(=O)[C@H](C)NC(=O)Nc1ccccc1. The number of ether oxygens (including phenoxy) is 1. The number of amides is 3. The molecule has 0 aromatic heterocycles. The molecule has 0 saturated heterocycles. The van der Waals surface area contributed by atoms with E-state index in [1.165, 1.54) is 19.9 Å². The highest BCUT2D eigenvalue weighted by Gasteiger charge is 2.22. The van der Waals surface area contributed by atoms with E-state index in [0.29, 0.717) is 5.69 Å². The minimum Gasteiger partial charge on any atom is -0.451 e. The predicted octanol–water partition coefficient (Wildman–Crippen LogP) is 1.43. The van der Waals surface area contributed by atoms with Crippen LogP contribution in [-0.4, -0.2) is 36.6 Å². The maximum atomic E-state index is 11.9. The molecule has 0 bridgehead atoms. The minimum atomic E-state index is -0.955.